The lowest BCUT2D eigenvalue weighted by molar-refractivity contribution is 0.213. The Hall–Kier alpha value is -1.43. The molecule has 19 heavy (non-hydrogen) atoms. The summed E-state index contributed by atoms with van der Waals surface area (Å²) in [5, 5.41) is 10.3. The van der Waals surface area contributed by atoms with Crippen molar-refractivity contribution in [3.63, 3.8) is 0 Å². The number of hydrogen-bond acceptors (Lipinski definition) is 5. The highest BCUT2D eigenvalue weighted by Crippen LogP contribution is 2.25. The molecule has 0 amide bonds. The topological polar surface area (TPSA) is 72.0 Å². The van der Waals surface area contributed by atoms with Gasteiger partial charge >= 0.3 is 0 Å². The normalized spacial score (nSPS) is 14.1. The van der Waals surface area contributed by atoms with Crippen LogP contribution in [0.1, 0.15) is 11.3 Å². The summed E-state index contributed by atoms with van der Waals surface area (Å²) < 4.78 is 0. The second-order valence-corrected chi connectivity index (χ2v) is 5.39. The lowest BCUT2D eigenvalue weighted by Gasteiger charge is -2.27. The van der Waals surface area contributed by atoms with Gasteiger partial charge < -0.3 is 10.8 Å². The van der Waals surface area contributed by atoms with Gasteiger partial charge in [0.2, 0.25) is 0 Å². The highest BCUT2D eigenvalue weighted by molar-refractivity contribution is 7.99. The van der Waals surface area contributed by atoms with E-state index < -0.39 is 5.54 Å². The van der Waals surface area contributed by atoms with Gasteiger partial charge in [0.1, 0.15) is 0 Å². The van der Waals surface area contributed by atoms with Crippen molar-refractivity contribution in [2.24, 2.45) is 5.73 Å². The predicted molar refractivity (Wildman–Crippen MR) is 76.9 cm³/mol. The average Bonchev–Trinajstić information content (AvgIpc) is 2.46. The van der Waals surface area contributed by atoms with E-state index in [4.69, 9.17) is 5.73 Å². The zero-order valence-electron chi connectivity index (χ0n) is 10.8. The van der Waals surface area contributed by atoms with Crippen molar-refractivity contribution in [3.8, 4) is 0 Å². The van der Waals surface area contributed by atoms with Crippen LogP contribution in [0.5, 0.6) is 0 Å². The van der Waals surface area contributed by atoms with Crippen molar-refractivity contribution < 1.29 is 5.11 Å². The van der Waals surface area contributed by atoms with E-state index in [1.807, 2.05) is 43.3 Å². The third-order valence-electron chi connectivity index (χ3n) is 2.86. The second-order valence-electron chi connectivity index (χ2n) is 4.45. The number of aromatic nitrogens is 2. The molecule has 100 valence electrons. The third-order valence-corrected chi connectivity index (χ3v) is 3.98. The van der Waals surface area contributed by atoms with Crippen LogP contribution in [0.3, 0.4) is 0 Å². The molecule has 2 rings (SSSR count). The summed E-state index contributed by atoms with van der Waals surface area (Å²) in [6, 6.07) is 11.5. The molecule has 1 heterocycles. The Bertz CT molecular complexity index is 535. The number of benzene rings is 1. The highest BCUT2D eigenvalue weighted by Gasteiger charge is 2.27. The molecule has 0 saturated carbocycles. The van der Waals surface area contributed by atoms with Crippen LogP contribution in [0.4, 0.5) is 0 Å². The van der Waals surface area contributed by atoms with Crippen molar-refractivity contribution in [1.29, 1.82) is 0 Å². The van der Waals surface area contributed by atoms with E-state index >= 15 is 0 Å². The van der Waals surface area contributed by atoms with E-state index in [0.717, 1.165) is 11.3 Å². The van der Waals surface area contributed by atoms with E-state index in [1.54, 1.807) is 6.20 Å². The first-order valence-corrected chi connectivity index (χ1v) is 7.00. The number of aryl methyl sites for hydroxylation is 1. The predicted octanol–water partition coefficient (Wildman–Crippen LogP) is 1.72. The summed E-state index contributed by atoms with van der Waals surface area (Å²) in [6.45, 7) is 1.81. The fourth-order valence-corrected chi connectivity index (χ4v) is 2.67. The van der Waals surface area contributed by atoms with Gasteiger partial charge in [-0.1, -0.05) is 42.1 Å². The van der Waals surface area contributed by atoms with Crippen LogP contribution in [0.25, 0.3) is 0 Å². The second kappa shape index (κ2) is 6.14. The van der Waals surface area contributed by atoms with E-state index in [9.17, 15) is 5.11 Å². The van der Waals surface area contributed by atoms with Gasteiger partial charge in [-0.3, -0.25) is 0 Å². The molecule has 0 aliphatic rings. The molecule has 0 aliphatic heterocycles. The van der Waals surface area contributed by atoms with Crippen LogP contribution in [0.15, 0.2) is 47.8 Å². The molecule has 0 spiro atoms. The molecule has 0 radical (unpaired) electrons. The third kappa shape index (κ3) is 3.53. The first kappa shape index (κ1) is 14.0. The summed E-state index contributed by atoms with van der Waals surface area (Å²) in [6.07, 6.45) is 1.73. The Kier molecular flexibility index (Phi) is 4.52. The molecule has 1 unspecified atom stereocenters. The van der Waals surface area contributed by atoms with Crippen molar-refractivity contribution in [3.05, 3.63) is 53.9 Å². The highest BCUT2D eigenvalue weighted by atomic mass is 32.2. The van der Waals surface area contributed by atoms with Crippen LogP contribution in [0, 0.1) is 6.92 Å². The van der Waals surface area contributed by atoms with Crippen molar-refractivity contribution in [2.45, 2.75) is 17.6 Å². The molecular weight excluding hydrogens is 258 g/mol. The maximum Gasteiger partial charge on any atom is 0.187 e. The molecule has 0 saturated heterocycles. The Balaban J connectivity index is 2.11. The minimum absolute atomic E-state index is 0.115. The largest absolute Gasteiger partial charge is 0.394 e. The molecular formula is C14H17N3OS. The number of nitrogens with two attached hydrogens (primary N) is 1. The smallest absolute Gasteiger partial charge is 0.187 e. The summed E-state index contributed by atoms with van der Waals surface area (Å²) in [5.41, 5.74) is 7.33. The summed E-state index contributed by atoms with van der Waals surface area (Å²) in [5.74, 6) is 0.525. The average molecular weight is 275 g/mol. The maximum atomic E-state index is 9.59. The Morgan fingerprint density at radius 2 is 2.00 bits per heavy atom. The van der Waals surface area contributed by atoms with Gasteiger partial charge in [-0.2, -0.15) is 0 Å². The molecule has 3 N–H and O–H groups in total. The number of aliphatic hydroxyl groups is 1. The van der Waals surface area contributed by atoms with Gasteiger partial charge in [-0.05, 0) is 18.6 Å². The summed E-state index contributed by atoms with van der Waals surface area (Å²) >= 11 is 1.45. The summed E-state index contributed by atoms with van der Waals surface area (Å²) in [4.78, 5) is 8.50. The molecule has 1 atom stereocenters. The molecule has 5 heteroatoms. The van der Waals surface area contributed by atoms with Gasteiger partial charge in [-0.25, -0.2) is 9.97 Å². The molecule has 4 nitrogen and oxygen atoms in total. The minimum Gasteiger partial charge on any atom is -0.394 e. The number of aliphatic hydroxyl groups excluding tert-OH is 1. The number of thioether (sulfide) groups is 1. The molecule has 1 aromatic heterocycles. The van der Waals surface area contributed by atoms with Gasteiger partial charge in [0.25, 0.3) is 0 Å². The first-order chi connectivity index (χ1) is 9.14. The van der Waals surface area contributed by atoms with Gasteiger partial charge in [-0.15, -0.1) is 0 Å². The molecule has 0 fully saturated rings. The fourth-order valence-electron chi connectivity index (χ4n) is 1.68. The van der Waals surface area contributed by atoms with E-state index in [-0.39, 0.29) is 6.61 Å². The molecule has 0 bridgehead atoms. The van der Waals surface area contributed by atoms with E-state index in [1.165, 1.54) is 11.8 Å². The van der Waals surface area contributed by atoms with Crippen LogP contribution >= 0.6 is 11.8 Å². The van der Waals surface area contributed by atoms with Crippen LogP contribution in [0.2, 0.25) is 0 Å². The number of nitrogens with zero attached hydrogens (tertiary/aromatic N) is 2. The van der Waals surface area contributed by atoms with Gasteiger partial charge in [0, 0.05) is 17.6 Å². The van der Waals surface area contributed by atoms with Crippen molar-refractivity contribution >= 4 is 11.8 Å². The molecule has 2 aromatic rings. The monoisotopic (exact) mass is 275 g/mol. The summed E-state index contributed by atoms with van der Waals surface area (Å²) in [7, 11) is 0. The SMILES string of the molecule is Cc1ccnc(SCC(N)(CO)c2ccccc2)n1. The lowest BCUT2D eigenvalue weighted by Crippen LogP contribution is -2.43. The maximum absolute atomic E-state index is 9.59. The van der Waals surface area contributed by atoms with Crippen molar-refractivity contribution in [1.82, 2.24) is 9.97 Å². The van der Waals surface area contributed by atoms with E-state index in [2.05, 4.69) is 9.97 Å². The van der Waals surface area contributed by atoms with E-state index in [0.29, 0.717) is 10.9 Å². The van der Waals surface area contributed by atoms with Crippen LogP contribution in [-0.2, 0) is 5.54 Å². The fraction of sp³-hybridized carbons (Fsp3) is 0.286. The van der Waals surface area contributed by atoms with Crippen molar-refractivity contribution in [2.75, 3.05) is 12.4 Å². The van der Waals surface area contributed by atoms with Gasteiger partial charge in [0.15, 0.2) is 5.16 Å². The minimum atomic E-state index is -0.779. The zero-order chi connectivity index (χ0) is 13.7. The zero-order valence-corrected chi connectivity index (χ0v) is 11.6. The van der Waals surface area contributed by atoms with Crippen LogP contribution < -0.4 is 5.73 Å². The first-order valence-electron chi connectivity index (χ1n) is 6.02. The standard InChI is InChI=1S/C14H17N3OS/c1-11-7-8-16-13(17-11)19-10-14(15,9-18)12-5-3-2-4-6-12/h2-8,18H,9-10,15H2,1H3. The molecule has 0 aliphatic carbocycles. The van der Waals surface area contributed by atoms with Gasteiger partial charge in [0.05, 0.1) is 12.1 Å². The Morgan fingerprint density at radius 1 is 1.26 bits per heavy atom. The quantitative estimate of drug-likeness (QED) is 0.642. The number of hydrogen-bond donors (Lipinski definition) is 2. The van der Waals surface area contributed by atoms with Crippen LogP contribution in [-0.4, -0.2) is 27.4 Å². The Morgan fingerprint density at radius 3 is 2.63 bits per heavy atom. The number of rotatable bonds is 5. The molecule has 1 aromatic carbocycles. The Labute approximate surface area is 117 Å². The lowest BCUT2D eigenvalue weighted by atomic mass is 9.94.